The molecule has 2 atom stereocenters. The van der Waals surface area contributed by atoms with Gasteiger partial charge in [0.25, 0.3) is 5.91 Å². The summed E-state index contributed by atoms with van der Waals surface area (Å²) in [5.41, 5.74) is 1.39. The van der Waals surface area contributed by atoms with Crippen LogP contribution in [-0.4, -0.2) is 60.4 Å². The lowest BCUT2D eigenvalue weighted by Gasteiger charge is -2.41. The first-order valence-electron chi connectivity index (χ1n) is 9.53. The monoisotopic (exact) mass is 397 g/mol. The highest BCUT2D eigenvalue weighted by Crippen LogP contribution is 2.33. The van der Waals surface area contributed by atoms with Crippen LogP contribution in [0.1, 0.15) is 46.3 Å². The average Bonchev–Trinajstić information content (AvgIpc) is 3.04. The van der Waals surface area contributed by atoms with Gasteiger partial charge in [-0.05, 0) is 49.7 Å². The zero-order valence-electron chi connectivity index (χ0n) is 15.3. The molecule has 3 aliphatic rings. The Morgan fingerprint density at radius 1 is 1.31 bits per heavy atom. The molecular weight excluding hydrogens is 370 g/mol. The summed E-state index contributed by atoms with van der Waals surface area (Å²) >= 11 is 1.69. The second-order valence-electron chi connectivity index (χ2n) is 7.72. The third kappa shape index (κ3) is 3.92. The Balaban J connectivity index is 0.00000196. The number of hydrogen-bond donors (Lipinski definition) is 1. The minimum Gasteiger partial charge on any atom is -0.336 e. The van der Waals surface area contributed by atoms with Crippen LogP contribution < -0.4 is 5.32 Å². The van der Waals surface area contributed by atoms with Crippen molar-refractivity contribution in [1.82, 2.24) is 15.1 Å². The number of likely N-dealkylation sites (tertiary alicyclic amines) is 1. The lowest BCUT2D eigenvalue weighted by atomic mass is 9.90. The van der Waals surface area contributed by atoms with E-state index in [9.17, 15) is 9.59 Å². The molecule has 0 bridgehead atoms. The number of carbonyl (C=O) groups excluding carboxylic acids is 2. The molecule has 2 amide bonds. The number of halogens is 1. The highest BCUT2D eigenvalue weighted by Gasteiger charge is 2.32. The summed E-state index contributed by atoms with van der Waals surface area (Å²) in [7, 11) is 0. The highest BCUT2D eigenvalue weighted by atomic mass is 35.5. The van der Waals surface area contributed by atoms with Crippen molar-refractivity contribution in [3.63, 3.8) is 0 Å². The number of piperazine rings is 1. The molecule has 1 aromatic heterocycles. The zero-order chi connectivity index (χ0) is 17.4. The van der Waals surface area contributed by atoms with E-state index < -0.39 is 0 Å². The average molecular weight is 398 g/mol. The van der Waals surface area contributed by atoms with Crippen LogP contribution in [0.2, 0.25) is 0 Å². The van der Waals surface area contributed by atoms with Gasteiger partial charge >= 0.3 is 0 Å². The molecule has 0 saturated carbocycles. The largest absolute Gasteiger partial charge is 0.336 e. The minimum atomic E-state index is 0. The van der Waals surface area contributed by atoms with Gasteiger partial charge in [0.15, 0.2) is 0 Å². The fourth-order valence-corrected chi connectivity index (χ4v) is 5.54. The maximum absolute atomic E-state index is 13.0. The van der Waals surface area contributed by atoms with Gasteiger partial charge in [0.05, 0.1) is 11.4 Å². The van der Waals surface area contributed by atoms with Crippen LogP contribution >= 0.6 is 23.7 Å². The van der Waals surface area contributed by atoms with Gasteiger partial charge in [-0.2, -0.15) is 0 Å². The maximum atomic E-state index is 13.0. The number of rotatable bonds is 2. The molecule has 0 spiro atoms. The summed E-state index contributed by atoms with van der Waals surface area (Å²) in [6.45, 7) is 5.84. The number of amides is 2. The van der Waals surface area contributed by atoms with Crippen LogP contribution in [0.3, 0.4) is 0 Å². The molecule has 1 N–H and O–H groups in total. The molecule has 4 rings (SSSR count). The molecule has 144 valence electrons. The summed E-state index contributed by atoms with van der Waals surface area (Å²) in [5, 5.41) is 3.12. The minimum absolute atomic E-state index is 0. The number of piperidine rings is 1. The molecule has 0 aromatic carbocycles. The molecule has 1 aromatic rings. The molecular formula is C19H28ClN3O2S. The third-order valence-electron chi connectivity index (χ3n) is 5.79. The Labute approximate surface area is 165 Å². The van der Waals surface area contributed by atoms with E-state index in [1.807, 2.05) is 9.80 Å². The molecule has 2 unspecified atom stereocenters. The van der Waals surface area contributed by atoms with Crippen molar-refractivity contribution in [2.45, 2.75) is 45.1 Å². The van der Waals surface area contributed by atoms with Gasteiger partial charge in [-0.3, -0.25) is 9.59 Å². The molecule has 26 heavy (non-hydrogen) atoms. The quantitative estimate of drug-likeness (QED) is 0.833. The van der Waals surface area contributed by atoms with Crippen LogP contribution in [0.25, 0.3) is 0 Å². The summed E-state index contributed by atoms with van der Waals surface area (Å²) in [5.74, 6) is 1.06. The smallest absolute Gasteiger partial charge is 0.264 e. The Bertz CT molecular complexity index is 678. The molecule has 5 nitrogen and oxygen atoms in total. The Kier molecular flexibility index (Phi) is 6.25. The van der Waals surface area contributed by atoms with Gasteiger partial charge in [-0.15, -0.1) is 23.7 Å². The van der Waals surface area contributed by atoms with Crippen molar-refractivity contribution >= 4 is 35.6 Å². The first-order valence-corrected chi connectivity index (χ1v) is 10.3. The number of fused-ring (bicyclic) bond motifs is 1. The Hall–Kier alpha value is -1.11. The molecule has 3 heterocycles. The standard InChI is InChI=1S/C19H27N3O2S.ClH/c1-13-4-5-16-14(9-13)10-17(25-16)19(24)21-7-2-3-15(12-21)22-8-6-20-11-18(22)23;/h10,13,15,20H,2-9,11-12H2,1H3;1H. The molecule has 2 aliphatic heterocycles. The van der Waals surface area contributed by atoms with Crippen LogP contribution in [0.5, 0.6) is 0 Å². The Morgan fingerprint density at radius 2 is 2.15 bits per heavy atom. The van der Waals surface area contributed by atoms with E-state index in [0.717, 1.165) is 56.1 Å². The Morgan fingerprint density at radius 3 is 2.96 bits per heavy atom. The van der Waals surface area contributed by atoms with Crippen LogP contribution in [0.4, 0.5) is 0 Å². The molecule has 2 fully saturated rings. The SMILES string of the molecule is CC1CCc2sc(C(=O)N3CCCC(N4CCNCC4=O)C3)cc2C1.Cl. The van der Waals surface area contributed by atoms with Gasteiger partial charge in [0, 0.05) is 37.1 Å². The molecule has 0 radical (unpaired) electrons. The summed E-state index contributed by atoms with van der Waals surface area (Å²) < 4.78 is 0. The molecule has 2 saturated heterocycles. The number of carbonyl (C=O) groups is 2. The number of hydrogen-bond acceptors (Lipinski definition) is 4. The van der Waals surface area contributed by atoms with Gasteiger partial charge in [-0.25, -0.2) is 0 Å². The fourth-order valence-electron chi connectivity index (χ4n) is 4.37. The normalized spacial score (nSPS) is 26.3. The van der Waals surface area contributed by atoms with Gasteiger partial charge in [0.2, 0.25) is 5.91 Å². The van der Waals surface area contributed by atoms with E-state index in [1.54, 1.807) is 11.3 Å². The highest BCUT2D eigenvalue weighted by molar-refractivity contribution is 7.14. The molecule has 1 aliphatic carbocycles. The predicted molar refractivity (Wildman–Crippen MR) is 106 cm³/mol. The zero-order valence-corrected chi connectivity index (χ0v) is 17.0. The third-order valence-corrected chi connectivity index (χ3v) is 7.02. The van der Waals surface area contributed by atoms with Crippen molar-refractivity contribution in [3.05, 3.63) is 21.4 Å². The van der Waals surface area contributed by atoms with Crippen molar-refractivity contribution in [2.75, 3.05) is 32.7 Å². The van der Waals surface area contributed by atoms with Crippen LogP contribution in [0, 0.1) is 5.92 Å². The number of nitrogens with zero attached hydrogens (tertiary/aromatic N) is 2. The predicted octanol–water partition coefficient (Wildman–Crippen LogP) is 2.33. The maximum Gasteiger partial charge on any atom is 0.264 e. The van der Waals surface area contributed by atoms with E-state index in [2.05, 4.69) is 18.3 Å². The van der Waals surface area contributed by atoms with E-state index in [-0.39, 0.29) is 30.3 Å². The number of thiophene rings is 1. The summed E-state index contributed by atoms with van der Waals surface area (Å²) in [6.07, 6.45) is 5.45. The lowest BCUT2D eigenvalue weighted by molar-refractivity contribution is -0.135. The van der Waals surface area contributed by atoms with Crippen molar-refractivity contribution < 1.29 is 9.59 Å². The topological polar surface area (TPSA) is 52.7 Å². The fraction of sp³-hybridized carbons (Fsp3) is 0.684. The summed E-state index contributed by atoms with van der Waals surface area (Å²) in [4.78, 5) is 31.5. The van der Waals surface area contributed by atoms with E-state index in [4.69, 9.17) is 0 Å². The van der Waals surface area contributed by atoms with Gasteiger partial charge < -0.3 is 15.1 Å². The van der Waals surface area contributed by atoms with Gasteiger partial charge in [-0.1, -0.05) is 6.92 Å². The van der Waals surface area contributed by atoms with Crippen molar-refractivity contribution in [3.8, 4) is 0 Å². The first kappa shape index (κ1) is 19.6. The summed E-state index contributed by atoms with van der Waals surface area (Å²) in [6, 6.07) is 2.32. The van der Waals surface area contributed by atoms with E-state index in [0.29, 0.717) is 13.1 Å². The number of nitrogens with one attached hydrogen (secondary N) is 1. The van der Waals surface area contributed by atoms with Crippen molar-refractivity contribution in [1.29, 1.82) is 0 Å². The first-order chi connectivity index (χ1) is 12.1. The van der Waals surface area contributed by atoms with Crippen molar-refractivity contribution in [2.24, 2.45) is 5.92 Å². The lowest BCUT2D eigenvalue weighted by Crippen LogP contribution is -2.57. The van der Waals surface area contributed by atoms with Crippen LogP contribution in [0.15, 0.2) is 6.07 Å². The number of aryl methyl sites for hydroxylation is 1. The van der Waals surface area contributed by atoms with E-state index in [1.165, 1.54) is 16.9 Å². The van der Waals surface area contributed by atoms with Crippen LogP contribution in [-0.2, 0) is 17.6 Å². The second-order valence-corrected chi connectivity index (χ2v) is 8.85. The van der Waals surface area contributed by atoms with Gasteiger partial charge in [0.1, 0.15) is 0 Å². The second kappa shape index (κ2) is 8.28. The molecule has 7 heteroatoms. The van der Waals surface area contributed by atoms with E-state index >= 15 is 0 Å².